The van der Waals surface area contributed by atoms with Gasteiger partial charge in [-0.15, -0.1) is 0 Å². The number of carboxylic acid groups (broad SMARTS) is 1. The van der Waals surface area contributed by atoms with Gasteiger partial charge < -0.3 is 34.6 Å². The van der Waals surface area contributed by atoms with Crippen LogP contribution in [-0.2, 0) is 35.7 Å². The Bertz CT molecular complexity index is 1140. The zero-order valence-corrected chi connectivity index (χ0v) is 19.4. The van der Waals surface area contributed by atoms with E-state index in [0.717, 1.165) is 17.5 Å². The van der Waals surface area contributed by atoms with Gasteiger partial charge in [0.2, 0.25) is 0 Å². The number of hydrogen-bond donors (Lipinski definition) is 4. The number of rotatable bonds is 6. The van der Waals surface area contributed by atoms with Gasteiger partial charge in [0.25, 0.3) is 0 Å². The number of aliphatic hydroxyl groups excluding tert-OH is 1. The van der Waals surface area contributed by atoms with Crippen molar-refractivity contribution in [2.75, 3.05) is 0 Å². The highest BCUT2D eigenvalue weighted by Crippen LogP contribution is 2.68. The van der Waals surface area contributed by atoms with Crippen molar-refractivity contribution in [3.8, 4) is 11.5 Å². The fraction of sp³-hybridized carbons (Fsp3) is 0.560. The molecule has 1 aliphatic heterocycles. The summed E-state index contributed by atoms with van der Waals surface area (Å²) in [5.41, 5.74) is -0.265. The molecule has 35 heavy (non-hydrogen) atoms. The second kappa shape index (κ2) is 7.96. The minimum Gasteiger partial charge on any atom is -0.504 e. The molecule has 7 atom stereocenters. The van der Waals surface area contributed by atoms with Crippen molar-refractivity contribution >= 4 is 17.9 Å². The number of phenolic OH excluding ortho intramolecular Hbond substituents is 1. The van der Waals surface area contributed by atoms with E-state index in [1.165, 1.54) is 6.92 Å². The lowest BCUT2D eigenvalue weighted by Crippen LogP contribution is -2.69. The van der Waals surface area contributed by atoms with Crippen LogP contribution < -0.4 is 4.74 Å². The quantitative estimate of drug-likeness (QED) is 0.430. The average molecular weight is 488 g/mol. The Kier molecular flexibility index (Phi) is 5.37. The third kappa shape index (κ3) is 3.26. The molecule has 1 aromatic carbocycles. The molecule has 2 bridgehead atoms. The zero-order valence-electron chi connectivity index (χ0n) is 19.4. The number of hydrogen-bond acceptors (Lipinski definition) is 9. The number of esters is 2. The van der Waals surface area contributed by atoms with Crippen molar-refractivity contribution in [2.24, 2.45) is 11.8 Å². The summed E-state index contributed by atoms with van der Waals surface area (Å²) in [4.78, 5) is 35.4. The molecule has 188 valence electrons. The Morgan fingerprint density at radius 3 is 2.71 bits per heavy atom. The summed E-state index contributed by atoms with van der Waals surface area (Å²) in [5, 5.41) is 41.0. The SMILES string of the molecule is CC1CC[C@]23c4c5ccc(O)c4O[C@H]2C(OC(=O)[C@H](C)OC(=O)[C@@H](O)CC(=O)O)=CC[C@@]3(O)[C@H]1C5. The van der Waals surface area contributed by atoms with Crippen molar-refractivity contribution in [1.82, 2.24) is 0 Å². The number of aliphatic carboxylic acids is 1. The number of aromatic hydroxyl groups is 1. The molecule has 1 unspecified atom stereocenters. The van der Waals surface area contributed by atoms with Gasteiger partial charge in [-0.25, -0.2) is 9.59 Å². The maximum absolute atomic E-state index is 12.8. The van der Waals surface area contributed by atoms with Crippen molar-refractivity contribution < 1.29 is 49.0 Å². The fourth-order valence-corrected chi connectivity index (χ4v) is 6.56. The first-order valence-corrected chi connectivity index (χ1v) is 11.8. The molecule has 4 aliphatic rings. The molecule has 0 radical (unpaired) electrons. The largest absolute Gasteiger partial charge is 0.504 e. The van der Waals surface area contributed by atoms with Crippen LogP contribution in [0.25, 0.3) is 0 Å². The summed E-state index contributed by atoms with van der Waals surface area (Å²) >= 11 is 0. The molecule has 0 amide bonds. The predicted molar refractivity (Wildman–Crippen MR) is 117 cm³/mol. The van der Waals surface area contributed by atoms with E-state index in [4.69, 9.17) is 19.3 Å². The van der Waals surface area contributed by atoms with Crippen LogP contribution in [0.2, 0.25) is 0 Å². The Morgan fingerprint density at radius 1 is 1.26 bits per heavy atom. The van der Waals surface area contributed by atoms with Crippen LogP contribution in [0.15, 0.2) is 24.0 Å². The van der Waals surface area contributed by atoms with Crippen LogP contribution in [0.3, 0.4) is 0 Å². The molecule has 10 heteroatoms. The van der Waals surface area contributed by atoms with E-state index in [1.54, 1.807) is 12.1 Å². The van der Waals surface area contributed by atoms with E-state index in [1.807, 2.05) is 6.07 Å². The van der Waals surface area contributed by atoms with Gasteiger partial charge in [0.15, 0.2) is 29.8 Å². The number of carboxylic acids is 1. The van der Waals surface area contributed by atoms with E-state index in [0.29, 0.717) is 18.6 Å². The Balaban J connectivity index is 1.43. The Labute approximate surface area is 201 Å². The average Bonchev–Trinajstić information content (AvgIpc) is 3.15. The van der Waals surface area contributed by atoms with Crippen LogP contribution in [0.1, 0.15) is 50.7 Å². The van der Waals surface area contributed by atoms with Gasteiger partial charge in [-0.2, -0.15) is 0 Å². The number of aliphatic hydroxyl groups is 2. The third-order valence-electron chi connectivity index (χ3n) is 8.22. The number of phenols is 1. The van der Waals surface area contributed by atoms with Gasteiger partial charge in [-0.05, 0) is 62.1 Å². The minimum atomic E-state index is -1.91. The van der Waals surface area contributed by atoms with Gasteiger partial charge in [-0.1, -0.05) is 13.0 Å². The Morgan fingerprint density at radius 2 is 2.00 bits per heavy atom. The first-order chi connectivity index (χ1) is 16.5. The van der Waals surface area contributed by atoms with Crippen LogP contribution >= 0.6 is 0 Å². The second-order valence-corrected chi connectivity index (χ2v) is 10.1. The first kappa shape index (κ1) is 23.6. The lowest BCUT2D eigenvalue weighted by atomic mass is 9.45. The van der Waals surface area contributed by atoms with Gasteiger partial charge >= 0.3 is 17.9 Å². The maximum Gasteiger partial charge on any atom is 0.352 e. The van der Waals surface area contributed by atoms with Crippen molar-refractivity contribution in [1.29, 1.82) is 0 Å². The maximum atomic E-state index is 12.8. The highest BCUT2D eigenvalue weighted by molar-refractivity contribution is 5.84. The summed E-state index contributed by atoms with van der Waals surface area (Å²) in [6.45, 7) is 3.37. The van der Waals surface area contributed by atoms with Crippen LogP contribution in [-0.4, -0.2) is 62.2 Å². The number of ether oxygens (including phenoxy) is 3. The van der Waals surface area contributed by atoms with Crippen molar-refractivity contribution in [3.63, 3.8) is 0 Å². The molecule has 4 N–H and O–H groups in total. The number of carbonyl (C=O) groups excluding carboxylic acids is 2. The number of carbonyl (C=O) groups is 3. The summed E-state index contributed by atoms with van der Waals surface area (Å²) in [5.74, 6) is -2.94. The molecular weight excluding hydrogens is 460 g/mol. The third-order valence-corrected chi connectivity index (χ3v) is 8.22. The van der Waals surface area contributed by atoms with Crippen molar-refractivity contribution in [2.45, 2.75) is 75.3 Å². The second-order valence-electron chi connectivity index (χ2n) is 10.1. The lowest BCUT2D eigenvalue weighted by molar-refractivity contribution is -0.179. The predicted octanol–water partition coefficient (Wildman–Crippen LogP) is 1.32. The van der Waals surface area contributed by atoms with E-state index in [2.05, 4.69) is 6.92 Å². The highest BCUT2D eigenvalue weighted by Gasteiger charge is 2.72. The van der Waals surface area contributed by atoms with E-state index < -0.39 is 53.7 Å². The van der Waals surface area contributed by atoms with E-state index in [9.17, 15) is 29.7 Å². The van der Waals surface area contributed by atoms with Crippen LogP contribution in [0, 0.1) is 11.8 Å². The molecule has 3 aliphatic carbocycles. The van der Waals surface area contributed by atoms with Gasteiger partial charge in [-0.3, -0.25) is 4.79 Å². The van der Waals surface area contributed by atoms with Crippen LogP contribution in [0.4, 0.5) is 0 Å². The minimum absolute atomic E-state index is 0.0329. The highest BCUT2D eigenvalue weighted by atomic mass is 16.6. The molecule has 0 aromatic heterocycles. The molecule has 1 spiro atoms. The number of benzene rings is 1. The Hall–Kier alpha value is -3.11. The topological polar surface area (TPSA) is 160 Å². The molecule has 1 saturated carbocycles. The van der Waals surface area contributed by atoms with Gasteiger partial charge in [0.1, 0.15) is 5.76 Å². The molecule has 10 nitrogen and oxygen atoms in total. The molecule has 1 aromatic rings. The molecular formula is C25H28O10. The standard InChI is InChI=1S/C25H28O10/c1-11-5-7-24-19-13-3-4-15(26)20(19)35-21(24)17(6-8-25(24,32)14(11)9-13)34-22(30)12(2)33-23(31)16(27)10-18(28)29/h3-4,6,11-12,14,16,21,26-27,32H,5,7-10H2,1-2H3,(H,28,29)/t11?,12-,14-,16-,21-,24-,25+/m0/s1. The molecule has 1 fully saturated rings. The fourth-order valence-electron chi connectivity index (χ4n) is 6.56. The summed E-state index contributed by atoms with van der Waals surface area (Å²) < 4.78 is 16.7. The lowest BCUT2D eigenvalue weighted by Gasteiger charge is -2.61. The molecule has 1 heterocycles. The summed E-state index contributed by atoms with van der Waals surface area (Å²) in [7, 11) is 0. The molecule has 5 rings (SSSR count). The van der Waals surface area contributed by atoms with E-state index in [-0.39, 0.29) is 29.8 Å². The summed E-state index contributed by atoms with van der Waals surface area (Å²) in [6.07, 6.45) is -1.14. The molecule has 0 saturated heterocycles. The smallest absolute Gasteiger partial charge is 0.352 e. The monoisotopic (exact) mass is 488 g/mol. The van der Waals surface area contributed by atoms with E-state index >= 15 is 0 Å². The zero-order chi connectivity index (χ0) is 25.3. The van der Waals surface area contributed by atoms with Gasteiger partial charge in [0, 0.05) is 5.56 Å². The van der Waals surface area contributed by atoms with Gasteiger partial charge in [0.05, 0.1) is 17.4 Å². The normalized spacial score (nSPS) is 33.5. The first-order valence-electron chi connectivity index (χ1n) is 11.8. The van der Waals surface area contributed by atoms with Crippen molar-refractivity contribution in [3.05, 3.63) is 35.1 Å². The summed E-state index contributed by atoms with van der Waals surface area (Å²) in [6, 6.07) is 3.44. The van der Waals surface area contributed by atoms with Crippen LogP contribution in [0.5, 0.6) is 11.5 Å².